The number of amides is 5. The lowest BCUT2D eigenvalue weighted by Gasteiger charge is -2.24. The number of hydrogen-bond acceptors (Lipinski definition) is 7. The number of aromatic amines is 2. The molecule has 15 nitrogen and oxygen atoms in total. The molecule has 5 amide bonds. The van der Waals surface area contributed by atoms with Gasteiger partial charge in [-0.2, -0.15) is 0 Å². The molecule has 12 N–H and O–H groups in total. The number of nitrogens with one attached hydrogen (secondary N) is 5. The first kappa shape index (κ1) is 32.2. The summed E-state index contributed by atoms with van der Waals surface area (Å²) in [5, 5.41) is 18.3. The molecule has 4 unspecified atom stereocenters. The summed E-state index contributed by atoms with van der Waals surface area (Å²) in [6.07, 6.45) is 2.04. The molecule has 0 fully saturated rings. The molecule has 0 aliphatic heterocycles. The van der Waals surface area contributed by atoms with Gasteiger partial charge in [0.15, 0.2) is 0 Å². The molecule has 0 aliphatic carbocycles. The lowest BCUT2D eigenvalue weighted by molar-refractivity contribution is -0.143. The zero-order valence-electron chi connectivity index (χ0n) is 24.0. The van der Waals surface area contributed by atoms with Crippen LogP contribution >= 0.6 is 0 Å². The molecule has 0 radical (unpaired) electrons. The van der Waals surface area contributed by atoms with E-state index in [0.717, 1.165) is 27.4 Å². The van der Waals surface area contributed by atoms with Gasteiger partial charge < -0.3 is 48.2 Å². The molecule has 4 rings (SSSR count). The largest absolute Gasteiger partial charge is 0.480 e. The molecular weight excluding hydrogens is 584 g/mol. The molecule has 15 heteroatoms. The van der Waals surface area contributed by atoms with Crippen LogP contribution < -0.4 is 33.2 Å². The zero-order chi connectivity index (χ0) is 32.7. The van der Waals surface area contributed by atoms with Crippen LogP contribution in [0.2, 0.25) is 0 Å². The van der Waals surface area contributed by atoms with Gasteiger partial charge >= 0.3 is 5.97 Å². The van der Waals surface area contributed by atoms with Crippen LogP contribution in [0.4, 0.5) is 0 Å². The summed E-state index contributed by atoms with van der Waals surface area (Å²) < 4.78 is 0. The minimum atomic E-state index is -1.67. The number of H-pyrrole nitrogens is 2. The predicted molar refractivity (Wildman–Crippen MR) is 163 cm³/mol. The van der Waals surface area contributed by atoms with Crippen molar-refractivity contribution in [2.45, 2.75) is 49.9 Å². The van der Waals surface area contributed by atoms with Gasteiger partial charge in [-0.25, -0.2) is 4.79 Å². The lowest BCUT2D eigenvalue weighted by atomic mass is 10.0. The number of aliphatic carboxylic acids is 1. The Balaban J connectivity index is 1.53. The second-order valence-corrected chi connectivity index (χ2v) is 10.6. The fourth-order valence-electron chi connectivity index (χ4n) is 4.99. The fourth-order valence-corrected chi connectivity index (χ4v) is 4.99. The zero-order valence-corrected chi connectivity index (χ0v) is 24.0. The average Bonchev–Trinajstić information content (AvgIpc) is 3.59. The maximum absolute atomic E-state index is 13.5. The SMILES string of the molecule is NC(=O)CC(NC(=O)C(Cc1c[nH]c2ccccc12)NC(=O)C(CC(N)=O)NC(=O)C(N)Cc1c[nH]c2ccccc12)C(=O)O. The second kappa shape index (κ2) is 14.2. The summed E-state index contributed by atoms with van der Waals surface area (Å²) >= 11 is 0. The van der Waals surface area contributed by atoms with E-state index in [1.807, 2.05) is 24.3 Å². The number of fused-ring (bicyclic) bond motifs is 2. The molecule has 0 saturated heterocycles. The van der Waals surface area contributed by atoms with E-state index in [9.17, 15) is 33.9 Å². The van der Waals surface area contributed by atoms with E-state index in [4.69, 9.17) is 17.2 Å². The molecule has 0 saturated carbocycles. The van der Waals surface area contributed by atoms with Crippen molar-refractivity contribution in [1.82, 2.24) is 25.9 Å². The molecule has 4 atom stereocenters. The van der Waals surface area contributed by atoms with Crippen LogP contribution in [0.25, 0.3) is 21.8 Å². The monoisotopic (exact) mass is 618 g/mol. The van der Waals surface area contributed by atoms with Crippen LogP contribution in [-0.2, 0) is 41.6 Å². The Morgan fingerprint density at radius 1 is 0.644 bits per heavy atom. The maximum Gasteiger partial charge on any atom is 0.326 e. The van der Waals surface area contributed by atoms with Crippen LogP contribution in [0.15, 0.2) is 60.9 Å². The van der Waals surface area contributed by atoms with Gasteiger partial charge in [-0.1, -0.05) is 36.4 Å². The number of nitrogens with two attached hydrogens (primary N) is 3. The second-order valence-electron chi connectivity index (χ2n) is 10.6. The third-order valence-electron chi connectivity index (χ3n) is 7.24. The van der Waals surface area contributed by atoms with E-state index < -0.39 is 72.5 Å². The Kier molecular flexibility index (Phi) is 10.2. The van der Waals surface area contributed by atoms with Crippen molar-refractivity contribution in [2.24, 2.45) is 17.2 Å². The Labute approximate surface area is 256 Å². The topological polar surface area (TPSA) is 268 Å². The smallest absolute Gasteiger partial charge is 0.326 e. The first-order valence-corrected chi connectivity index (χ1v) is 14.0. The third kappa shape index (κ3) is 8.23. The number of primary amides is 2. The van der Waals surface area contributed by atoms with E-state index in [-0.39, 0.29) is 12.8 Å². The minimum Gasteiger partial charge on any atom is -0.480 e. The first-order chi connectivity index (χ1) is 21.4. The minimum absolute atomic E-state index is 0.114. The van der Waals surface area contributed by atoms with Crippen molar-refractivity contribution >= 4 is 57.3 Å². The number of carboxylic acid groups (broad SMARTS) is 1. The highest BCUT2D eigenvalue weighted by molar-refractivity contribution is 5.97. The summed E-state index contributed by atoms with van der Waals surface area (Å²) in [5.74, 6) is -6.02. The molecule has 2 aromatic carbocycles. The number of carboxylic acids is 1. The molecule has 236 valence electrons. The fraction of sp³-hybridized carbons (Fsp3) is 0.267. The quantitative estimate of drug-likeness (QED) is 0.0799. The number of hydrogen-bond donors (Lipinski definition) is 9. The van der Waals surface area contributed by atoms with Crippen molar-refractivity contribution in [2.75, 3.05) is 0 Å². The highest BCUT2D eigenvalue weighted by Crippen LogP contribution is 2.20. The number of para-hydroxylation sites is 2. The lowest BCUT2D eigenvalue weighted by Crippen LogP contribution is -2.58. The highest BCUT2D eigenvalue weighted by atomic mass is 16.4. The molecule has 0 bridgehead atoms. The molecule has 2 heterocycles. The summed E-state index contributed by atoms with van der Waals surface area (Å²) in [6.45, 7) is 0. The molecule has 0 spiro atoms. The normalized spacial score (nSPS) is 13.8. The molecule has 4 aromatic rings. The number of rotatable bonds is 15. The van der Waals surface area contributed by atoms with Crippen molar-refractivity contribution in [3.05, 3.63) is 72.1 Å². The van der Waals surface area contributed by atoms with Crippen LogP contribution in [0.1, 0.15) is 24.0 Å². The van der Waals surface area contributed by atoms with E-state index in [2.05, 4.69) is 25.9 Å². The van der Waals surface area contributed by atoms with Gasteiger partial charge in [0.05, 0.1) is 18.9 Å². The highest BCUT2D eigenvalue weighted by Gasteiger charge is 2.32. The van der Waals surface area contributed by atoms with Crippen LogP contribution in [0.3, 0.4) is 0 Å². The van der Waals surface area contributed by atoms with Crippen molar-refractivity contribution in [1.29, 1.82) is 0 Å². The van der Waals surface area contributed by atoms with Crippen LogP contribution in [0.5, 0.6) is 0 Å². The van der Waals surface area contributed by atoms with Crippen molar-refractivity contribution in [3.63, 3.8) is 0 Å². The van der Waals surface area contributed by atoms with E-state index in [1.54, 1.807) is 36.7 Å². The number of aromatic nitrogens is 2. The Bertz CT molecular complexity index is 1750. The molecule has 45 heavy (non-hydrogen) atoms. The standard InChI is InChI=1S/C30H34N8O7/c31-19(9-15-13-34-20-7-3-1-5-17(15)20)27(41)36-23(11-25(32)39)29(43)37-22(28(42)38-24(30(44)45)12-26(33)40)10-16-14-35-21-8-4-2-6-18(16)21/h1-8,13-14,19,22-24,34-35H,9-12,31H2,(H2,32,39)(H2,33,40)(H,36,41)(H,37,43)(H,38,42)(H,44,45). The summed E-state index contributed by atoms with van der Waals surface area (Å²) in [5.41, 5.74) is 19.6. The Morgan fingerprint density at radius 2 is 1.09 bits per heavy atom. The maximum atomic E-state index is 13.5. The molecular formula is C30H34N8O7. The summed E-state index contributed by atoms with van der Waals surface area (Å²) in [4.78, 5) is 81.0. The van der Waals surface area contributed by atoms with Crippen LogP contribution in [-0.4, -0.2) is 74.7 Å². The number of carbonyl (C=O) groups is 6. The Morgan fingerprint density at radius 3 is 1.62 bits per heavy atom. The third-order valence-corrected chi connectivity index (χ3v) is 7.24. The molecule has 0 aliphatic rings. The molecule has 2 aromatic heterocycles. The van der Waals surface area contributed by atoms with E-state index in [1.165, 1.54) is 0 Å². The summed E-state index contributed by atoms with van der Waals surface area (Å²) in [6, 6.07) is 8.91. The van der Waals surface area contributed by atoms with Gasteiger partial charge in [0.1, 0.15) is 18.1 Å². The predicted octanol–water partition coefficient (Wildman–Crippen LogP) is -0.948. The number of benzene rings is 2. The Hall–Kier alpha value is -5.70. The van der Waals surface area contributed by atoms with Gasteiger partial charge in [-0.15, -0.1) is 0 Å². The van der Waals surface area contributed by atoms with Crippen molar-refractivity contribution < 1.29 is 33.9 Å². The van der Waals surface area contributed by atoms with Crippen LogP contribution in [0, 0.1) is 0 Å². The van der Waals surface area contributed by atoms with E-state index in [0.29, 0.717) is 5.56 Å². The average molecular weight is 619 g/mol. The van der Waals surface area contributed by atoms with E-state index >= 15 is 0 Å². The first-order valence-electron chi connectivity index (χ1n) is 14.0. The summed E-state index contributed by atoms with van der Waals surface area (Å²) in [7, 11) is 0. The van der Waals surface area contributed by atoms with Crippen molar-refractivity contribution in [3.8, 4) is 0 Å². The van der Waals surface area contributed by atoms with Gasteiger partial charge in [-0.05, 0) is 29.7 Å². The van der Waals surface area contributed by atoms with Gasteiger partial charge in [-0.3, -0.25) is 24.0 Å². The van der Waals surface area contributed by atoms with Gasteiger partial charge in [0, 0.05) is 40.6 Å². The number of carbonyl (C=O) groups excluding carboxylic acids is 5. The van der Waals surface area contributed by atoms with Gasteiger partial charge in [0.25, 0.3) is 0 Å². The van der Waals surface area contributed by atoms with Gasteiger partial charge in [0.2, 0.25) is 29.5 Å².